The van der Waals surface area contributed by atoms with Crippen molar-refractivity contribution in [2.45, 2.75) is 25.0 Å². The molecule has 1 saturated carbocycles. The van der Waals surface area contributed by atoms with Crippen LogP contribution in [0.25, 0.3) is 11.3 Å². The minimum atomic E-state index is -0.325. The van der Waals surface area contributed by atoms with Gasteiger partial charge in [0.05, 0.1) is 23.9 Å². The number of rotatable bonds is 7. The van der Waals surface area contributed by atoms with Gasteiger partial charge in [-0.05, 0) is 43.0 Å². The fourth-order valence-corrected chi connectivity index (χ4v) is 5.74. The van der Waals surface area contributed by atoms with Crippen LogP contribution in [0.5, 0.6) is 0 Å². The van der Waals surface area contributed by atoms with Crippen molar-refractivity contribution in [3.8, 4) is 11.3 Å². The van der Waals surface area contributed by atoms with E-state index in [1.54, 1.807) is 18.5 Å². The fraction of sp³-hybridized carbons (Fsp3) is 0.348. The predicted octanol–water partition coefficient (Wildman–Crippen LogP) is 3.07. The molecule has 10 heteroatoms. The van der Waals surface area contributed by atoms with Crippen molar-refractivity contribution in [3.05, 3.63) is 53.7 Å². The number of carbonyl (C=O) groups is 2. The molecule has 2 fully saturated rings. The van der Waals surface area contributed by atoms with Crippen LogP contribution in [0.1, 0.15) is 23.2 Å². The Morgan fingerprint density at radius 1 is 1.30 bits per heavy atom. The number of aromatic nitrogens is 2. The highest BCUT2D eigenvalue weighted by Crippen LogP contribution is 2.41. The van der Waals surface area contributed by atoms with Gasteiger partial charge in [0, 0.05) is 53.8 Å². The summed E-state index contributed by atoms with van der Waals surface area (Å²) in [5, 5.41) is 17.8. The second kappa shape index (κ2) is 9.20. The van der Waals surface area contributed by atoms with Gasteiger partial charge in [-0.15, -0.1) is 11.3 Å². The molecule has 5 rings (SSSR count). The van der Waals surface area contributed by atoms with Crippen molar-refractivity contribution >= 4 is 45.9 Å². The second-order valence-electron chi connectivity index (χ2n) is 8.37. The maximum Gasteiger partial charge on any atom is 0.253 e. The number of hydrogen-bond donors (Lipinski definition) is 3. The Balaban J connectivity index is 1.18. The first-order chi connectivity index (χ1) is 16.0. The van der Waals surface area contributed by atoms with Crippen LogP contribution >= 0.6 is 23.3 Å². The number of fused-ring (bicyclic) bond motifs is 2. The highest BCUT2D eigenvalue weighted by atomic mass is 32.2. The van der Waals surface area contributed by atoms with E-state index in [0.29, 0.717) is 22.7 Å². The van der Waals surface area contributed by atoms with E-state index in [2.05, 4.69) is 32.7 Å². The van der Waals surface area contributed by atoms with Crippen LogP contribution in [0.2, 0.25) is 0 Å². The van der Waals surface area contributed by atoms with Gasteiger partial charge in [0.25, 0.3) is 5.91 Å². The van der Waals surface area contributed by atoms with E-state index in [-0.39, 0.29) is 24.5 Å². The summed E-state index contributed by atoms with van der Waals surface area (Å²) in [6, 6.07) is 10.4. The number of nitrogens with one attached hydrogen (secondary N) is 2. The maximum absolute atomic E-state index is 12.3. The summed E-state index contributed by atoms with van der Waals surface area (Å²) in [6.07, 6.45) is 7.15. The molecule has 8 nitrogen and oxygen atoms in total. The number of amides is 2. The highest BCUT2D eigenvalue weighted by molar-refractivity contribution is 7.97. The van der Waals surface area contributed by atoms with Crippen LogP contribution in [-0.4, -0.2) is 57.4 Å². The number of anilines is 2. The van der Waals surface area contributed by atoms with Gasteiger partial charge in [-0.2, -0.15) is 0 Å². The molecule has 3 aromatic rings. The Morgan fingerprint density at radius 2 is 2.18 bits per heavy atom. The zero-order chi connectivity index (χ0) is 22.9. The third-order valence-electron chi connectivity index (χ3n) is 6.28. The minimum Gasteiger partial charge on any atom is -0.393 e. The third kappa shape index (κ3) is 4.64. The van der Waals surface area contributed by atoms with E-state index in [1.807, 2.05) is 27.7 Å². The number of piperidine rings is 1. The SMILES string of the molecule is CSn1ccc(C(=O)NCC(=O)Nc2nc(-c3cccc(N4C[C@H]5C[C@@H]4C[C@H]5O)c3)cs2)c1. The van der Waals surface area contributed by atoms with Gasteiger partial charge in [-0.25, -0.2) is 4.98 Å². The highest BCUT2D eigenvalue weighted by Gasteiger charge is 2.43. The molecule has 1 aliphatic heterocycles. The lowest BCUT2D eigenvalue weighted by Crippen LogP contribution is -2.37. The van der Waals surface area contributed by atoms with Crippen LogP contribution in [0, 0.1) is 5.92 Å². The molecule has 2 aromatic heterocycles. The molecule has 0 unspecified atom stereocenters. The van der Waals surface area contributed by atoms with Gasteiger partial charge in [0.15, 0.2) is 5.13 Å². The van der Waals surface area contributed by atoms with Crippen molar-refractivity contribution in [3.63, 3.8) is 0 Å². The van der Waals surface area contributed by atoms with Crippen LogP contribution < -0.4 is 15.5 Å². The van der Waals surface area contributed by atoms with E-state index in [4.69, 9.17) is 0 Å². The molecule has 33 heavy (non-hydrogen) atoms. The Morgan fingerprint density at radius 3 is 2.91 bits per heavy atom. The number of carbonyl (C=O) groups excluding carboxylic acids is 2. The molecular formula is C23H25N5O3S2. The molecule has 3 heterocycles. The summed E-state index contributed by atoms with van der Waals surface area (Å²) >= 11 is 2.83. The van der Waals surface area contributed by atoms with Crippen LogP contribution in [0.3, 0.4) is 0 Å². The number of nitrogens with zero attached hydrogens (tertiary/aromatic N) is 3. The molecule has 1 aliphatic carbocycles. The third-order valence-corrected chi connectivity index (χ3v) is 7.68. The monoisotopic (exact) mass is 483 g/mol. The quantitative estimate of drug-likeness (QED) is 0.478. The number of aliphatic hydroxyl groups excluding tert-OH is 1. The van der Waals surface area contributed by atoms with E-state index >= 15 is 0 Å². The van der Waals surface area contributed by atoms with Gasteiger partial charge in [-0.1, -0.05) is 12.1 Å². The smallest absolute Gasteiger partial charge is 0.253 e. The molecule has 2 bridgehead atoms. The summed E-state index contributed by atoms with van der Waals surface area (Å²) < 4.78 is 1.82. The Kier molecular flexibility index (Phi) is 6.13. The predicted molar refractivity (Wildman–Crippen MR) is 132 cm³/mol. The number of benzene rings is 1. The molecule has 3 atom stereocenters. The molecule has 172 valence electrons. The van der Waals surface area contributed by atoms with Crippen LogP contribution in [-0.2, 0) is 4.79 Å². The average molecular weight is 484 g/mol. The van der Waals surface area contributed by atoms with Crippen molar-refractivity contribution in [1.29, 1.82) is 0 Å². The van der Waals surface area contributed by atoms with Gasteiger partial charge >= 0.3 is 0 Å². The fourth-order valence-electron chi connectivity index (χ4n) is 4.60. The molecule has 1 saturated heterocycles. The van der Waals surface area contributed by atoms with Gasteiger partial charge < -0.3 is 20.6 Å². The molecule has 0 radical (unpaired) electrons. The topological polar surface area (TPSA) is 99.5 Å². The molecular weight excluding hydrogens is 458 g/mol. The van der Waals surface area contributed by atoms with Gasteiger partial charge in [0.1, 0.15) is 0 Å². The standard InChI is InChI=1S/C23H25N5O3S2/c1-32-27-6-5-15(11-27)22(31)24-10-21(30)26-23-25-19(13-33-23)14-3-2-4-17(7-14)28-12-16-8-18(28)9-20(16)29/h2-7,11,13,16,18,20,29H,8-10,12H2,1H3,(H,24,31)(H,25,26,30)/t16-,18-,20-/m1/s1. The van der Waals surface area contributed by atoms with Crippen LogP contribution in [0.4, 0.5) is 10.8 Å². The molecule has 1 aromatic carbocycles. The Hall–Kier alpha value is -2.82. The van der Waals surface area contributed by atoms with E-state index in [1.165, 1.54) is 23.3 Å². The first-order valence-corrected chi connectivity index (χ1v) is 12.9. The summed E-state index contributed by atoms with van der Waals surface area (Å²) in [6.45, 7) is 0.762. The maximum atomic E-state index is 12.3. The number of hydrogen-bond acceptors (Lipinski definition) is 7. The summed E-state index contributed by atoms with van der Waals surface area (Å²) in [5.74, 6) is -0.252. The zero-order valence-electron chi connectivity index (χ0n) is 18.1. The van der Waals surface area contributed by atoms with Crippen molar-refractivity contribution in [2.75, 3.05) is 29.6 Å². The minimum absolute atomic E-state index is 0.128. The summed E-state index contributed by atoms with van der Waals surface area (Å²) in [7, 11) is 0. The molecule has 2 aliphatic rings. The number of aliphatic hydroxyl groups is 1. The first-order valence-electron chi connectivity index (χ1n) is 10.8. The Labute approximate surface area is 200 Å². The van der Waals surface area contributed by atoms with Crippen LogP contribution in [0.15, 0.2) is 48.1 Å². The van der Waals surface area contributed by atoms with E-state index in [0.717, 1.165) is 36.3 Å². The molecule has 2 amide bonds. The Bertz CT molecular complexity index is 1170. The largest absolute Gasteiger partial charge is 0.393 e. The second-order valence-corrected chi connectivity index (χ2v) is 10.0. The lowest BCUT2D eigenvalue weighted by Gasteiger charge is -2.31. The van der Waals surface area contributed by atoms with Crippen molar-refractivity contribution in [2.24, 2.45) is 5.92 Å². The number of thiazole rings is 1. The molecule has 3 N–H and O–H groups in total. The van der Waals surface area contributed by atoms with Crippen molar-refractivity contribution < 1.29 is 14.7 Å². The average Bonchev–Trinajstić information content (AvgIpc) is 3.61. The van der Waals surface area contributed by atoms with Crippen molar-refractivity contribution in [1.82, 2.24) is 14.3 Å². The lowest BCUT2D eigenvalue weighted by atomic mass is 10.1. The summed E-state index contributed by atoms with van der Waals surface area (Å²) in [4.78, 5) is 31.4. The zero-order valence-corrected chi connectivity index (χ0v) is 19.7. The van der Waals surface area contributed by atoms with E-state index < -0.39 is 0 Å². The normalized spacial score (nSPS) is 21.4. The summed E-state index contributed by atoms with van der Waals surface area (Å²) in [5.41, 5.74) is 3.43. The molecule has 0 spiro atoms. The van der Waals surface area contributed by atoms with Gasteiger partial charge in [-0.3, -0.25) is 13.6 Å². The van der Waals surface area contributed by atoms with E-state index in [9.17, 15) is 14.7 Å². The lowest BCUT2D eigenvalue weighted by molar-refractivity contribution is -0.115. The first kappa shape index (κ1) is 22.0. The van der Waals surface area contributed by atoms with Gasteiger partial charge in [0.2, 0.25) is 5.91 Å².